The number of para-hydroxylation sites is 6. The molecule has 0 N–H and O–H groups in total. The second-order valence-corrected chi connectivity index (χ2v) is 26.8. The van der Waals surface area contributed by atoms with Crippen LogP contribution in [0.5, 0.6) is 0 Å². The smallest absolute Gasteiger partial charge is 0.0958 e. The highest BCUT2D eigenvalue weighted by atomic mass is 15.4. The molecule has 0 aliphatic rings. The molecule has 0 fully saturated rings. The van der Waals surface area contributed by atoms with Crippen molar-refractivity contribution in [3.63, 3.8) is 0 Å². The van der Waals surface area contributed by atoms with E-state index in [0.717, 1.165) is 68.5 Å². The van der Waals surface area contributed by atoms with Gasteiger partial charge in [0, 0.05) is 45.1 Å². The summed E-state index contributed by atoms with van der Waals surface area (Å²) in [6.45, 7) is 34.8. The lowest BCUT2D eigenvalue weighted by atomic mass is 9.80. The Balaban J connectivity index is 0.000000167. The molecule has 0 aliphatic heterocycles. The summed E-state index contributed by atoms with van der Waals surface area (Å²) in [5, 5.41) is 15.4. The van der Waals surface area contributed by atoms with Crippen LogP contribution in [0.25, 0.3) is 33.1 Å². The molecular weight excluding hydrogens is 1010 g/mol. The molecule has 0 saturated heterocycles. The maximum atomic E-state index is 4.45. The lowest BCUT2D eigenvalue weighted by Crippen LogP contribution is -2.17. The fourth-order valence-corrected chi connectivity index (χ4v) is 10.0. The van der Waals surface area contributed by atoms with Gasteiger partial charge in [-0.3, -0.25) is 9.36 Å². The highest BCUT2D eigenvalue weighted by molar-refractivity contribution is 5.76. The van der Waals surface area contributed by atoms with Gasteiger partial charge in [-0.1, -0.05) is 197 Å². The largest absolute Gasteiger partial charge is 0.331 e. The zero-order chi connectivity index (χ0) is 59.1. The van der Waals surface area contributed by atoms with E-state index in [1.807, 2.05) is 58.9 Å². The third-order valence-electron chi connectivity index (χ3n) is 15.0. The molecule has 5 heterocycles. The fraction of sp³-hybridized carbons (Fsp3) is 0.471. The summed E-state index contributed by atoms with van der Waals surface area (Å²) in [7, 11) is 0. The number of rotatable bonds is 19. The number of hydrogen-bond acceptors (Lipinski definition) is 7. The minimum absolute atomic E-state index is 0.220. The standard InChI is InChI=1S/C19H22N2.C14H19N3.2C14H20N2.C9H17N3/c1-19(2,16-9-4-3-5-10-16)13-8-14-21-15-20-17-11-6-7-12-18(17)21;1-14(2,13-7-4-3-5-8-13)9-6-11-17-12-10-15-16-17;2*1-14(2,3)9-6-10-16-11-15-12-7-4-5-8-13(12)16;1-9(2,3)5-4-7-12-8-6-10-11-12/h3-7,9-12,15H,8,13-14H2,1-2H3;3-5,7-8,10,12H,6,9,11H2,1-2H3;2*4-5,7-8,11H,6,9-10H2,1-3H3;6,8H,4-5,7H2,1-3H3. The zero-order valence-electron chi connectivity index (χ0n) is 52.2. The Kier molecular flexibility index (Phi) is 24.0. The van der Waals surface area contributed by atoms with Crippen molar-refractivity contribution in [2.75, 3.05) is 0 Å². The quantitative estimate of drug-likeness (QED) is 0.0792. The topological polar surface area (TPSA) is 115 Å². The van der Waals surface area contributed by atoms with Crippen LogP contribution < -0.4 is 0 Å². The van der Waals surface area contributed by atoms with Crippen molar-refractivity contribution in [1.82, 2.24) is 58.6 Å². The molecule has 0 aliphatic carbocycles. The van der Waals surface area contributed by atoms with Gasteiger partial charge in [0.05, 0.1) is 64.5 Å². The van der Waals surface area contributed by atoms with Gasteiger partial charge in [-0.05, 0) is 139 Å². The fourth-order valence-electron chi connectivity index (χ4n) is 10.0. The second-order valence-electron chi connectivity index (χ2n) is 26.8. The predicted octanol–water partition coefficient (Wildman–Crippen LogP) is 17.7. The van der Waals surface area contributed by atoms with Crippen LogP contribution in [-0.2, 0) is 43.6 Å². The zero-order valence-corrected chi connectivity index (χ0v) is 52.2. The van der Waals surface area contributed by atoms with Crippen molar-refractivity contribution >= 4 is 33.1 Å². The molecule has 438 valence electrons. The van der Waals surface area contributed by atoms with E-state index >= 15 is 0 Å². The molecular formula is C70H98N12. The van der Waals surface area contributed by atoms with Crippen LogP contribution in [0.2, 0.25) is 0 Å². The normalized spacial score (nSPS) is 12.0. The van der Waals surface area contributed by atoms with Gasteiger partial charge in [-0.2, -0.15) is 0 Å². The van der Waals surface area contributed by atoms with E-state index < -0.39 is 0 Å². The molecule has 0 amide bonds. The Bertz CT molecular complexity index is 3200. The Morgan fingerprint density at radius 3 is 0.902 bits per heavy atom. The van der Waals surface area contributed by atoms with Crippen molar-refractivity contribution in [3.8, 4) is 0 Å². The van der Waals surface area contributed by atoms with Crippen LogP contribution in [0.4, 0.5) is 0 Å². The van der Waals surface area contributed by atoms with Crippen molar-refractivity contribution in [1.29, 1.82) is 0 Å². The first-order valence-electron chi connectivity index (χ1n) is 30.0. The van der Waals surface area contributed by atoms with Crippen LogP contribution in [0.3, 0.4) is 0 Å². The Morgan fingerprint density at radius 2 is 0.598 bits per heavy atom. The third kappa shape index (κ3) is 22.3. The highest BCUT2D eigenvalue weighted by Gasteiger charge is 2.21. The molecule has 0 saturated carbocycles. The summed E-state index contributed by atoms with van der Waals surface area (Å²) >= 11 is 0. The predicted molar refractivity (Wildman–Crippen MR) is 343 cm³/mol. The molecule has 5 aromatic heterocycles. The number of fused-ring (bicyclic) bond motifs is 3. The molecule has 0 spiro atoms. The highest BCUT2D eigenvalue weighted by Crippen LogP contribution is 2.30. The molecule has 12 nitrogen and oxygen atoms in total. The number of aromatic nitrogens is 12. The molecule has 5 aromatic carbocycles. The van der Waals surface area contributed by atoms with E-state index in [2.05, 4.69) is 255 Å². The summed E-state index contributed by atoms with van der Waals surface area (Å²) in [5.41, 5.74) is 11.5. The molecule has 12 heteroatoms. The van der Waals surface area contributed by atoms with Gasteiger partial charge in [0.2, 0.25) is 0 Å². The number of benzene rings is 5. The van der Waals surface area contributed by atoms with Crippen molar-refractivity contribution in [2.45, 2.75) is 198 Å². The average molecular weight is 1110 g/mol. The molecule has 10 aromatic rings. The van der Waals surface area contributed by atoms with Crippen LogP contribution in [0, 0.1) is 16.2 Å². The van der Waals surface area contributed by atoms with E-state index in [9.17, 15) is 0 Å². The Labute approximate surface area is 491 Å². The number of aryl methyl sites for hydroxylation is 5. The van der Waals surface area contributed by atoms with Gasteiger partial charge in [0.1, 0.15) is 0 Å². The average Bonchev–Trinajstić information content (AvgIpc) is 4.34. The number of hydrogen-bond donors (Lipinski definition) is 0. The molecule has 0 unspecified atom stereocenters. The van der Waals surface area contributed by atoms with Gasteiger partial charge in [0.25, 0.3) is 0 Å². The summed E-state index contributed by atoms with van der Waals surface area (Å²) in [5.74, 6) is 0. The summed E-state index contributed by atoms with van der Waals surface area (Å²) in [4.78, 5) is 13.2. The monoisotopic (exact) mass is 1110 g/mol. The first kappa shape index (κ1) is 64.0. The molecule has 0 atom stereocenters. The Hall–Kier alpha value is -7.21. The van der Waals surface area contributed by atoms with Crippen LogP contribution in [0.15, 0.2) is 177 Å². The van der Waals surface area contributed by atoms with Crippen molar-refractivity contribution < 1.29 is 0 Å². The minimum atomic E-state index is 0.220. The van der Waals surface area contributed by atoms with Crippen molar-refractivity contribution in [2.24, 2.45) is 16.2 Å². The van der Waals surface area contributed by atoms with E-state index in [1.165, 1.54) is 72.6 Å². The summed E-state index contributed by atoms with van der Waals surface area (Å²) in [6, 6.07) is 46.4. The number of imidazole rings is 3. The van der Waals surface area contributed by atoms with Gasteiger partial charge < -0.3 is 13.7 Å². The summed E-state index contributed by atoms with van der Waals surface area (Å²) in [6.07, 6.45) is 25.0. The van der Waals surface area contributed by atoms with Gasteiger partial charge in [-0.15, -0.1) is 10.2 Å². The van der Waals surface area contributed by atoms with Gasteiger partial charge in [0.15, 0.2) is 0 Å². The van der Waals surface area contributed by atoms with Crippen molar-refractivity contribution in [3.05, 3.63) is 188 Å². The Morgan fingerprint density at radius 1 is 0.317 bits per heavy atom. The van der Waals surface area contributed by atoms with Crippen LogP contribution in [0.1, 0.15) is 165 Å². The lowest BCUT2D eigenvalue weighted by Gasteiger charge is -2.25. The lowest BCUT2D eigenvalue weighted by molar-refractivity contribution is 0.347. The van der Waals surface area contributed by atoms with E-state index in [1.54, 1.807) is 12.4 Å². The summed E-state index contributed by atoms with van der Waals surface area (Å²) < 4.78 is 10.5. The number of nitrogens with zero attached hydrogens (tertiary/aromatic N) is 12. The molecule has 0 bridgehead atoms. The van der Waals surface area contributed by atoms with Gasteiger partial charge >= 0.3 is 0 Å². The SMILES string of the molecule is CC(C)(C)CCCn1ccnn1.CC(C)(C)CCCn1cnc2ccccc21.CC(C)(C)CCCn1cnc2ccccc21.CC(C)(CCCn1ccnn1)c1ccccc1.CC(C)(CCCn1cnc2ccccc21)c1ccccc1. The second kappa shape index (κ2) is 30.7. The van der Waals surface area contributed by atoms with E-state index in [0.29, 0.717) is 16.2 Å². The maximum absolute atomic E-state index is 4.45. The van der Waals surface area contributed by atoms with Crippen LogP contribution in [-0.4, -0.2) is 58.6 Å². The van der Waals surface area contributed by atoms with Crippen LogP contribution >= 0.6 is 0 Å². The third-order valence-corrected chi connectivity index (χ3v) is 15.0. The van der Waals surface area contributed by atoms with E-state index in [-0.39, 0.29) is 10.8 Å². The van der Waals surface area contributed by atoms with Gasteiger partial charge in [-0.25, -0.2) is 15.0 Å². The minimum Gasteiger partial charge on any atom is -0.331 e. The molecule has 82 heavy (non-hydrogen) atoms. The molecule has 0 radical (unpaired) electrons. The molecule has 10 rings (SSSR count). The maximum Gasteiger partial charge on any atom is 0.0958 e. The first-order chi connectivity index (χ1) is 39.1. The van der Waals surface area contributed by atoms with E-state index in [4.69, 9.17) is 0 Å². The first-order valence-corrected chi connectivity index (χ1v) is 30.0.